The Morgan fingerprint density at radius 1 is 1.19 bits per heavy atom. The van der Waals surface area contributed by atoms with E-state index in [1.165, 1.54) is 28.4 Å². The summed E-state index contributed by atoms with van der Waals surface area (Å²) in [5.41, 5.74) is 0.223. The number of hydrogen-bond acceptors (Lipinski definition) is 7. The maximum absolute atomic E-state index is 12.1. The molecule has 1 aliphatic heterocycles. The predicted molar refractivity (Wildman–Crippen MR) is 105 cm³/mol. The molecule has 0 radical (unpaired) electrons. The van der Waals surface area contributed by atoms with Crippen LogP contribution >= 0.6 is 11.3 Å². The smallest absolute Gasteiger partial charge is 0.367 e. The highest BCUT2D eigenvalue weighted by Gasteiger charge is 2.26. The van der Waals surface area contributed by atoms with Gasteiger partial charge in [-0.1, -0.05) is 12.1 Å². The fourth-order valence-electron chi connectivity index (χ4n) is 2.31. The van der Waals surface area contributed by atoms with Gasteiger partial charge in [0.05, 0.1) is 17.8 Å². The first-order valence-electron chi connectivity index (χ1n) is 7.79. The van der Waals surface area contributed by atoms with Crippen molar-refractivity contribution < 1.29 is 18.3 Å². The second kappa shape index (κ2) is 7.37. The molecule has 1 aromatic carbocycles. The molecule has 142 valence electrons. The lowest BCUT2D eigenvalue weighted by Crippen LogP contribution is -2.33. The van der Waals surface area contributed by atoms with Crippen LogP contribution in [0.5, 0.6) is 5.75 Å². The molecule has 27 heavy (non-hydrogen) atoms. The van der Waals surface area contributed by atoms with Crippen molar-refractivity contribution in [1.29, 1.82) is 0 Å². The van der Waals surface area contributed by atoms with Crippen molar-refractivity contribution in [3.8, 4) is 5.75 Å². The maximum Gasteiger partial charge on any atom is 0.367 e. The van der Waals surface area contributed by atoms with E-state index in [0.717, 1.165) is 4.88 Å². The quantitative estimate of drug-likeness (QED) is 0.659. The zero-order valence-electron chi connectivity index (χ0n) is 14.5. The molecule has 2 heterocycles. The maximum atomic E-state index is 12.1. The number of benzene rings is 1. The van der Waals surface area contributed by atoms with E-state index < -0.39 is 10.2 Å². The molecule has 0 spiro atoms. The lowest BCUT2D eigenvalue weighted by Gasteiger charge is -2.15. The number of amides is 1. The van der Waals surface area contributed by atoms with Gasteiger partial charge in [0.1, 0.15) is 0 Å². The van der Waals surface area contributed by atoms with E-state index in [0.29, 0.717) is 6.54 Å². The van der Waals surface area contributed by atoms with Crippen LogP contribution in [0.3, 0.4) is 0 Å². The number of rotatable bonds is 4. The Balaban J connectivity index is 1.84. The van der Waals surface area contributed by atoms with E-state index in [-0.39, 0.29) is 34.6 Å². The zero-order valence-corrected chi connectivity index (χ0v) is 16.1. The van der Waals surface area contributed by atoms with Gasteiger partial charge in [-0.3, -0.25) is 4.79 Å². The summed E-state index contributed by atoms with van der Waals surface area (Å²) in [6.45, 7) is 0.373. The van der Waals surface area contributed by atoms with E-state index in [1.807, 2.05) is 17.5 Å². The topological polar surface area (TPSA) is 123 Å². The Labute approximate surface area is 160 Å². The van der Waals surface area contributed by atoms with Gasteiger partial charge in [0, 0.05) is 19.0 Å². The normalized spacial score (nSPS) is 15.0. The van der Waals surface area contributed by atoms with E-state index in [4.69, 9.17) is 0 Å². The number of phenols is 1. The molecule has 2 aromatic rings. The van der Waals surface area contributed by atoms with Crippen molar-refractivity contribution in [2.45, 2.75) is 6.54 Å². The highest BCUT2D eigenvalue weighted by Crippen LogP contribution is 2.28. The average molecular weight is 407 g/mol. The van der Waals surface area contributed by atoms with Gasteiger partial charge >= 0.3 is 10.2 Å². The molecule has 1 amide bonds. The highest BCUT2D eigenvalue weighted by molar-refractivity contribution is 7.89. The largest absolute Gasteiger partial charge is 0.505 e. The monoisotopic (exact) mass is 407 g/mol. The van der Waals surface area contributed by atoms with Crippen LogP contribution in [0, 0.1) is 0 Å². The molecule has 0 aliphatic carbocycles. The van der Waals surface area contributed by atoms with Crippen molar-refractivity contribution in [3.63, 3.8) is 0 Å². The van der Waals surface area contributed by atoms with Crippen LogP contribution in [0.25, 0.3) is 0 Å². The van der Waals surface area contributed by atoms with Gasteiger partial charge in [0.25, 0.3) is 5.91 Å². The van der Waals surface area contributed by atoms with Crippen LogP contribution in [0.2, 0.25) is 0 Å². The summed E-state index contributed by atoms with van der Waals surface area (Å²) in [5.74, 6) is -0.717. The highest BCUT2D eigenvalue weighted by atomic mass is 32.2. The number of para-hydroxylation sites is 1. The number of hydrogen-bond donors (Lipinski definition) is 3. The first-order valence-corrected chi connectivity index (χ1v) is 10.1. The summed E-state index contributed by atoms with van der Waals surface area (Å²) in [4.78, 5) is 14.4. The average Bonchev–Trinajstić information content (AvgIpc) is 3.21. The summed E-state index contributed by atoms with van der Waals surface area (Å²) in [6, 6.07) is 8.33. The molecule has 0 unspecified atom stereocenters. The Morgan fingerprint density at radius 2 is 1.93 bits per heavy atom. The van der Waals surface area contributed by atoms with Crippen molar-refractivity contribution >= 4 is 44.8 Å². The minimum atomic E-state index is -4.01. The molecule has 0 atom stereocenters. The first-order chi connectivity index (χ1) is 12.8. The van der Waals surface area contributed by atoms with E-state index in [2.05, 4.69) is 19.4 Å². The third-order valence-corrected chi connectivity index (χ3v) is 5.28. The SMILES string of the molecule is CN(C)C(=O)c1cccc(NC2=NS(=O)(=O)N=C2NCc2cccs2)c1O. The standard InChI is InChI=1S/C16H17N5O4S2/c1-21(2)16(23)11-6-3-7-12(13(11)22)18-15-14(19-27(24,25)20-15)17-9-10-5-4-8-26-10/h3-8,22H,9H2,1-2H3,(H,17,19)(H,18,20). The third kappa shape index (κ3) is 4.26. The minimum absolute atomic E-state index is 0.0344. The van der Waals surface area contributed by atoms with Gasteiger partial charge in [0.15, 0.2) is 17.4 Å². The predicted octanol–water partition coefficient (Wildman–Crippen LogP) is 1.41. The Kier molecular flexibility index (Phi) is 5.15. The van der Waals surface area contributed by atoms with Crippen LogP contribution in [0.4, 0.5) is 5.69 Å². The number of aromatic hydroxyl groups is 1. The lowest BCUT2D eigenvalue weighted by molar-refractivity contribution is 0.0824. The summed E-state index contributed by atoms with van der Waals surface area (Å²) in [5, 5.41) is 18.0. The van der Waals surface area contributed by atoms with Gasteiger partial charge in [0.2, 0.25) is 0 Å². The lowest BCUT2D eigenvalue weighted by atomic mass is 10.1. The molecule has 0 saturated carbocycles. The fraction of sp³-hybridized carbons (Fsp3) is 0.188. The van der Waals surface area contributed by atoms with Gasteiger partial charge in [-0.25, -0.2) is 0 Å². The number of carbonyl (C=O) groups is 1. The minimum Gasteiger partial charge on any atom is -0.505 e. The van der Waals surface area contributed by atoms with E-state index in [9.17, 15) is 18.3 Å². The second-order valence-corrected chi connectivity index (χ2v) is 8.08. The van der Waals surface area contributed by atoms with Crippen molar-refractivity contribution in [3.05, 3.63) is 46.2 Å². The van der Waals surface area contributed by atoms with Crippen molar-refractivity contribution in [1.82, 2.24) is 10.2 Å². The second-order valence-electron chi connectivity index (χ2n) is 5.79. The molecule has 0 bridgehead atoms. The number of thiophene rings is 1. The van der Waals surface area contributed by atoms with E-state index >= 15 is 0 Å². The van der Waals surface area contributed by atoms with Crippen LogP contribution in [-0.2, 0) is 16.8 Å². The number of phenolic OH excluding ortho intramolecular Hbond substituents is 1. The van der Waals surface area contributed by atoms with Crippen LogP contribution in [0.15, 0.2) is 44.5 Å². The Morgan fingerprint density at radius 3 is 2.59 bits per heavy atom. The molecule has 3 rings (SSSR count). The molecule has 11 heteroatoms. The van der Waals surface area contributed by atoms with Gasteiger partial charge < -0.3 is 20.6 Å². The van der Waals surface area contributed by atoms with Crippen molar-refractivity contribution in [2.75, 3.05) is 19.4 Å². The molecule has 9 nitrogen and oxygen atoms in total. The molecule has 0 fully saturated rings. The molecule has 3 N–H and O–H groups in total. The van der Waals surface area contributed by atoms with Crippen LogP contribution in [-0.4, -0.2) is 50.1 Å². The number of nitrogens with one attached hydrogen (secondary N) is 2. The number of carbonyl (C=O) groups excluding carboxylic acids is 1. The molecule has 1 aliphatic rings. The summed E-state index contributed by atoms with van der Waals surface area (Å²) in [6.07, 6.45) is 0. The Bertz CT molecular complexity index is 1030. The molecule has 0 saturated heterocycles. The first kappa shape index (κ1) is 18.9. The van der Waals surface area contributed by atoms with E-state index in [1.54, 1.807) is 20.2 Å². The summed E-state index contributed by atoms with van der Waals surface area (Å²) < 4.78 is 30.7. The summed E-state index contributed by atoms with van der Waals surface area (Å²) >= 11 is 1.51. The fourth-order valence-corrected chi connectivity index (χ4v) is 3.74. The molecular weight excluding hydrogens is 390 g/mol. The van der Waals surface area contributed by atoms with Crippen molar-refractivity contribution in [2.24, 2.45) is 8.80 Å². The molecule has 1 aromatic heterocycles. The number of amidine groups is 2. The zero-order chi connectivity index (χ0) is 19.6. The van der Waals surface area contributed by atoms with Gasteiger partial charge in [-0.15, -0.1) is 20.1 Å². The Hall–Kier alpha value is -2.92. The van der Waals surface area contributed by atoms with Gasteiger partial charge in [-0.05, 0) is 23.6 Å². The number of nitrogens with zero attached hydrogens (tertiary/aromatic N) is 3. The summed E-state index contributed by atoms with van der Waals surface area (Å²) in [7, 11) is -0.882. The van der Waals surface area contributed by atoms with Crippen LogP contribution < -0.4 is 10.6 Å². The third-order valence-electron chi connectivity index (χ3n) is 3.57. The van der Waals surface area contributed by atoms with Gasteiger partial charge in [-0.2, -0.15) is 8.42 Å². The van der Waals surface area contributed by atoms with Crippen LogP contribution in [0.1, 0.15) is 15.2 Å². The molecular formula is C16H17N5O4S2. The number of anilines is 1.